The first kappa shape index (κ1) is 22.4. The van der Waals surface area contributed by atoms with Crippen LogP contribution in [0.15, 0.2) is 66.5 Å². The van der Waals surface area contributed by atoms with Crippen molar-refractivity contribution >= 4 is 23.7 Å². The van der Waals surface area contributed by atoms with E-state index in [4.69, 9.17) is 9.47 Å². The van der Waals surface area contributed by atoms with Crippen LogP contribution in [0.25, 0.3) is 6.08 Å². The average Bonchev–Trinajstić information content (AvgIpc) is 3.09. The highest BCUT2D eigenvalue weighted by Gasteiger charge is 2.33. The van der Waals surface area contributed by atoms with Crippen LogP contribution in [0.3, 0.4) is 0 Å². The van der Waals surface area contributed by atoms with Crippen LogP contribution in [0, 0.1) is 15.9 Å². The predicted octanol–water partition coefficient (Wildman–Crippen LogP) is 4.02. The molecule has 1 aliphatic heterocycles. The maximum Gasteiger partial charge on any atom is 0.329 e. The number of amides is 3. The predicted molar refractivity (Wildman–Crippen MR) is 117 cm³/mol. The summed E-state index contributed by atoms with van der Waals surface area (Å²) in [7, 11) is 1.43. The molecule has 172 valence electrons. The Labute approximate surface area is 192 Å². The highest BCUT2D eigenvalue weighted by Crippen LogP contribution is 2.33. The standard InChI is InChI=1S/C23H17FN4O6/c1-33-20-11-15(4-8-19(20)34-21-9-7-17(12-25-21)28(31)32)10-18-22(29)27(23(30)26-18)13-14-2-5-16(24)6-3-14/h2-12H,13H2,1H3,(H,26,30). The number of carbonyl (C=O) groups is 2. The van der Waals surface area contributed by atoms with Crippen LogP contribution >= 0.6 is 0 Å². The highest BCUT2D eigenvalue weighted by molar-refractivity contribution is 6.13. The molecular weight excluding hydrogens is 447 g/mol. The Morgan fingerprint density at radius 1 is 1.12 bits per heavy atom. The van der Waals surface area contributed by atoms with Crippen molar-refractivity contribution in [3.63, 3.8) is 0 Å². The van der Waals surface area contributed by atoms with Gasteiger partial charge in [0.05, 0.1) is 18.6 Å². The molecule has 3 amide bonds. The second-order valence-electron chi connectivity index (χ2n) is 7.13. The molecule has 1 N–H and O–H groups in total. The van der Waals surface area contributed by atoms with Crippen LogP contribution in [0.2, 0.25) is 0 Å². The van der Waals surface area contributed by atoms with E-state index in [0.29, 0.717) is 22.6 Å². The summed E-state index contributed by atoms with van der Waals surface area (Å²) < 4.78 is 24.1. The zero-order valence-electron chi connectivity index (χ0n) is 17.7. The van der Waals surface area contributed by atoms with E-state index in [1.54, 1.807) is 18.2 Å². The van der Waals surface area contributed by atoms with Gasteiger partial charge in [0.15, 0.2) is 11.5 Å². The van der Waals surface area contributed by atoms with E-state index in [1.807, 2.05) is 0 Å². The summed E-state index contributed by atoms with van der Waals surface area (Å²) in [5, 5.41) is 13.3. The van der Waals surface area contributed by atoms with E-state index in [1.165, 1.54) is 49.6 Å². The van der Waals surface area contributed by atoms with Crippen LogP contribution in [0.1, 0.15) is 11.1 Å². The third kappa shape index (κ3) is 4.83. The smallest absolute Gasteiger partial charge is 0.329 e. The summed E-state index contributed by atoms with van der Waals surface area (Å²) in [6.07, 6.45) is 2.56. The fraction of sp³-hybridized carbons (Fsp3) is 0.0870. The molecule has 11 heteroatoms. The van der Waals surface area contributed by atoms with Gasteiger partial charge in [-0.2, -0.15) is 0 Å². The minimum Gasteiger partial charge on any atom is -0.493 e. The Balaban J connectivity index is 1.51. The van der Waals surface area contributed by atoms with Gasteiger partial charge in [0.1, 0.15) is 17.7 Å². The molecule has 0 bridgehead atoms. The molecule has 1 aromatic heterocycles. The molecule has 0 spiro atoms. The Morgan fingerprint density at radius 3 is 2.53 bits per heavy atom. The first-order valence-electron chi connectivity index (χ1n) is 9.89. The number of methoxy groups -OCH3 is 1. The Hall–Kier alpha value is -4.80. The summed E-state index contributed by atoms with van der Waals surface area (Å²) in [6.45, 7) is 0.000618. The molecule has 4 rings (SSSR count). The molecule has 34 heavy (non-hydrogen) atoms. The summed E-state index contributed by atoms with van der Waals surface area (Å²) in [4.78, 5) is 40.1. The van der Waals surface area contributed by atoms with Crippen LogP contribution < -0.4 is 14.8 Å². The number of imide groups is 1. The molecule has 0 aliphatic carbocycles. The van der Waals surface area contributed by atoms with E-state index in [-0.39, 0.29) is 23.8 Å². The van der Waals surface area contributed by atoms with Crippen molar-refractivity contribution in [3.8, 4) is 17.4 Å². The van der Waals surface area contributed by atoms with Crippen LogP contribution in [-0.2, 0) is 11.3 Å². The van der Waals surface area contributed by atoms with Gasteiger partial charge in [-0.05, 0) is 41.5 Å². The number of rotatable bonds is 7. The number of urea groups is 1. The van der Waals surface area contributed by atoms with Gasteiger partial charge >= 0.3 is 6.03 Å². The third-order valence-corrected chi connectivity index (χ3v) is 4.86. The summed E-state index contributed by atoms with van der Waals surface area (Å²) in [6, 6.07) is 12.4. The first-order valence-corrected chi connectivity index (χ1v) is 9.89. The number of halogens is 1. The second kappa shape index (κ2) is 9.36. The normalized spacial score (nSPS) is 14.3. The SMILES string of the molecule is COc1cc(C=C2NC(=O)N(Cc3ccc(F)cc3)C2=O)ccc1Oc1ccc([N+](=O)[O-])cn1. The monoisotopic (exact) mass is 464 g/mol. The summed E-state index contributed by atoms with van der Waals surface area (Å²) in [5.74, 6) is -0.194. The fourth-order valence-corrected chi connectivity index (χ4v) is 3.17. The molecule has 0 radical (unpaired) electrons. The number of nitro groups is 1. The Bertz CT molecular complexity index is 1290. The average molecular weight is 464 g/mol. The van der Waals surface area contributed by atoms with Crippen molar-refractivity contribution in [2.24, 2.45) is 0 Å². The number of hydrogen-bond donors (Lipinski definition) is 1. The van der Waals surface area contributed by atoms with Crippen molar-refractivity contribution in [3.05, 3.63) is 93.5 Å². The zero-order valence-corrected chi connectivity index (χ0v) is 17.7. The van der Waals surface area contributed by atoms with Crippen molar-refractivity contribution in [2.45, 2.75) is 6.54 Å². The lowest BCUT2D eigenvalue weighted by Gasteiger charge is -2.11. The Kier molecular flexibility index (Phi) is 6.17. The van der Waals surface area contributed by atoms with Gasteiger partial charge < -0.3 is 14.8 Å². The molecule has 10 nitrogen and oxygen atoms in total. The molecule has 0 unspecified atom stereocenters. The zero-order chi connectivity index (χ0) is 24.2. The first-order chi connectivity index (χ1) is 16.3. The number of hydrogen-bond acceptors (Lipinski definition) is 7. The molecule has 1 aliphatic rings. The maximum atomic E-state index is 13.1. The number of nitrogens with zero attached hydrogens (tertiary/aromatic N) is 3. The molecule has 0 atom stereocenters. The van der Waals surface area contributed by atoms with E-state index in [2.05, 4.69) is 10.3 Å². The van der Waals surface area contributed by atoms with Gasteiger partial charge in [0.25, 0.3) is 11.6 Å². The highest BCUT2D eigenvalue weighted by atomic mass is 19.1. The Morgan fingerprint density at radius 2 is 1.88 bits per heavy atom. The third-order valence-electron chi connectivity index (χ3n) is 4.86. The topological polar surface area (TPSA) is 124 Å². The number of pyridine rings is 1. The van der Waals surface area contributed by atoms with E-state index >= 15 is 0 Å². The summed E-state index contributed by atoms with van der Waals surface area (Å²) in [5.41, 5.74) is 1.06. The lowest BCUT2D eigenvalue weighted by Crippen LogP contribution is -2.30. The number of carbonyl (C=O) groups excluding carboxylic acids is 2. The molecule has 1 fully saturated rings. The van der Waals surface area contributed by atoms with Gasteiger partial charge in [0.2, 0.25) is 5.88 Å². The van der Waals surface area contributed by atoms with Crippen LogP contribution in [-0.4, -0.2) is 33.9 Å². The van der Waals surface area contributed by atoms with Gasteiger partial charge in [-0.25, -0.2) is 14.2 Å². The van der Waals surface area contributed by atoms with Crippen molar-refractivity contribution in [2.75, 3.05) is 7.11 Å². The van der Waals surface area contributed by atoms with Crippen LogP contribution in [0.4, 0.5) is 14.9 Å². The number of ether oxygens (including phenoxy) is 2. The molecule has 2 aromatic carbocycles. The van der Waals surface area contributed by atoms with Gasteiger partial charge in [-0.15, -0.1) is 0 Å². The van der Waals surface area contributed by atoms with Crippen molar-refractivity contribution in [1.82, 2.24) is 15.2 Å². The minimum absolute atomic E-state index is 0.000618. The molecular formula is C23H17FN4O6. The molecule has 0 saturated carbocycles. The minimum atomic E-state index is -0.586. The number of nitrogens with one attached hydrogen (secondary N) is 1. The molecule has 3 aromatic rings. The van der Waals surface area contributed by atoms with Gasteiger partial charge in [-0.1, -0.05) is 18.2 Å². The fourth-order valence-electron chi connectivity index (χ4n) is 3.17. The van der Waals surface area contributed by atoms with E-state index in [0.717, 1.165) is 11.1 Å². The quantitative estimate of drug-likeness (QED) is 0.242. The van der Waals surface area contributed by atoms with Gasteiger partial charge in [0, 0.05) is 12.1 Å². The maximum absolute atomic E-state index is 13.1. The lowest BCUT2D eigenvalue weighted by atomic mass is 10.1. The van der Waals surface area contributed by atoms with E-state index < -0.39 is 22.7 Å². The number of benzene rings is 2. The van der Waals surface area contributed by atoms with Crippen molar-refractivity contribution < 1.29 is 28.4 Å². The molecule has 2 heterocycles. The second-order valence-corrected chi connectivity index (χ2v) is 7.13. The van der Waals surface area contributed by atoms with Crippen molar-refractivity contribution in [1.29, 1.82) is 0 Å². The molecule has 1 saturated heterocycles. The van der Waals surface area contributed by atoms with Gasteiger partial charge in [-0.3, -0.25) is 19.8 Å². The summed E-state index contributed by atoms with van der Waals surface area (Å²) >= 11 is 0. The largest absolute Gasteiger partial charge is 0.493 e. The lowest BCUT2D eigenvalue weighted by molar-refractivity contribution is -0.385. The van der Waals surface area contributed by atoms with Crippen LogP contribution in [0.5, 0.6) is 17.4 Å². The van der Waals surface area contributed by atoms with E-state index in [9.17, 15) is 24.1 Å². The number of aromatic nitrogens is 1.